The Balaban J connectivity index is 1.41. The van der Waals surface area contributed by atoms with Crippen molar-refractivity contribution in [1.82, 2.24) is 10.2 Å². The fraction of sp³-hybridized carbons (Fsp3) is 0.409. The predicted octanol–water partition coefficient (Wildman–Crippen LogP) is 3.38. The molecule has 1 heterocycles. The van der Waals surface area contributed by atoms with Crippen LogP contribution >= 0.6 is 0 Å². The molecule has 1 amide bonds. The summed E-state index contributed by atoms with van der Waals surface area (Å²) >= 11 is 0. The molecule has 0 spiro atoms. The number of benzene rings is 2. The maximum absolute atomic E-state index is 12.5. The van der Waals surface area contributed by atoms with Crippen molar-refractivity contribution in [3.63, 3.8) is 0 Å². The molecule has 0 radical (unpaired) electrons. The smallest absolute Gasteiger partial charge is 0.223 e. The Morgan fingerprint density at radius 3 is 2.46 bits per heavy atom. The van der Waals surface area contributed by atoms with Gasteiger partial charge in [-0.25, -0.2) is 0 Å². The number of rotatable bonds is 6. The third-order valence-corrected chi connectivity index (χ3v) is 5.09. The minimum Gasteiger partial charge on any atom is -0.368 e. The van der Waals surface area contributed by atoms with E-state index < -0.39 is 0 Å². The maximum atomic E-state index is 12.5. The molecule has 0 bridgehead atoms. The van der Waals surface area contributed by atoms with Crippen molar-refractivity contribution in [3.8, 4) is 0 Å². The van der Waals surface area contributed by atoms with Crippen LogP contribution in [0.4, 0.5) is 5.69 Å². The molecule has 1 aliphatic rings. The highest BCUT2D eigenvalue weighted by Gasteiger charge is 2.21. The average molecular weight is 351 g/mol. The molecule has 4 nitrogen and oxygen atoms in total. The summed E-state index contributed by atoms with van der Waals surface area (Å²) in [5, 5.41) is 3.45. The number of piperazine rings is 1. The number of carbonyl (C=O) groups excluding carboxylic acids is 1. The van der Waals surface area contributed by atoms with E-state index in [1.807, 2.05) is 23.1 Å². The van der Waals surface area contributed by atoms with E-state index in [1.165, 1.54) is 16.8 Å². The number of hydrogen-bond donors (Lipinski definition) is 1. The molecule has 26 heavy (non-hydrogen) atoms. The van der Waals surface area contributed by atoms with Crippen molar-refractivity contribution < 1.29 is 4.79 Å². The Morgan fingerprint density at radius 1 is 1.04 bits per heavy atom. The van der Waals surface area contributed by atoms with Crippen molar-refractivity contribution in [2.24, 2.45) is 0 Å². The molecule has 138 valence electrons. The minimum atomic E-state index is 0.252. The van der Waals surface area contributed by atoms with Crippen LogP contribution in [0.1, 0.15) is 30.5 Å². The lowest BCUT2D eigenvalue weighted by molar-refractivity contribution is -0.131. The predicted molar refractivity (Wildman–Crippen MR) is 107 cm³/mol. The number of amides is 1. The van der Waals surface area contributed by atoms with Gasteiger partial charge >= 0.3 is 0 Å². The zero-order valence-electron chi connectivity index (χ0n) is 15.8. The molecule has 1 saturated heterocycles. The molecule has 4 heteroatoms. The lowest BCUT2D eigenvalue weighted by atomic mass is 10.1. The second-order valence-corrected chi connectivity index (χ2v) is 7.04. The third kappa shape index (κ3) is 4.85. The molecule has 1 N–H and O–H groups in total. The van der Waals surface area contributed by atoms with E-state index >= 15 is 0 Å². The zero-order valence-corrected chi connectivity index (χ0v) is 15.8. The maximum Gasteiger partial charge on any atom is 0.223 e. The first kappa shape index (κ1) is 18.5. The van der Waals surface area contributed by atoms with Gasteiger partial charge in [0.05, 0.1) is 0 Å². The van der Waals surface area contributed by atoms with Crippen LogP contribution in [0.5, 0.6) is 0 Å². The number of nitrogens with one attached hydrogen (secondary N) is 1. The highest BCUT2D eigenvalue weighted by atomic mass is 16.2. The SMILES string of the molecule is Cc1cccc(N2CCN(C(=O)CCNC(C)c3ccccc3)CC2)c1. The van der Waals surface area contributed by atoms with Crippen LogP contribution in [0.2, 0.25) is 0 Å². The summed E-state index contributed by atoms with van der Waals surface area (Å²) in [4.78, 5) is 16.8. The van der Waals surface area contributed by atoms with Gasteiger partial charge in [0.2, 0.25) is 5.91 Å². The molecule has 1 fully saturated rings. The summed E-state index contributed by atoms with van der Waals surface area (Å²) in [6, 6.07) is 19.2. The molecule has 3 rings (SSSR count). The summed E-state index contributed by atoms with van der Waals surface area (Å²) in [5.41, 5.74) is 3.79. The van der Waals surface area contributed by atoms with E-state index in [1.54, 1.807) is 0 Å². The second kappa shape index (κ2) is 8.86. The van der Waals surface area contributed by atoms with E-state index in [9.17, 15) is 4.79 Å². The van der Waals surface area contributed by atoms with Crippen LogP contribution in [0.15, 0.2) is 54.6 Å². The molecule has 1 unspecified atom stereocenters. The largest absolute Gasteiger partial charge is 0.368 e. The molecule has 0 aromatic heterocycles. The number of anilines is 1. The van der Waals surface area contributed by atoms with Gasteiger partial charge in [0, 0.05) is 50.9 Å². The number of aryl methyl sites for hydroxylation is 1. The van der Waals surface area contributed by atoms with E-state index in [2.05, 4.69) is 60.5 Å². The number of hydrogen-bond acceptors (Lipinski definition) is 3. The fourth-order valence-corrected chi connectivity index (χ4v) is 3.45. The first-order valence-corrected chi connectivity index (χ1v) is 9.51. The molecule has 1 atom stereocenters. The fourth-order valence-electron chi connectivity index (χ4n) is 3.45. The lowest BCUT2D eigenvalue weighted by Crippen LogP contribution is -2.49. The normalized spacial score (nSPS) is 15.8. The summed E-state index contributed by atoms with van der Waals surface area (Å²) in [6.45, 7) is 8.40. The second-order valence-electron chi connectivity index (χ2n) is 7.04. The van der Waals surface area contributed by atoms with Gasteiger partial charge in [0.15, 0.2) is 0 Å². The van der Waals surface area contributed by atoms with Crippen LogP contribution in [0, 0.1) is 6.92 Å². The van der Waals surface area contributed by atoms with Crippen LogP contribution in [0.25, 0.3) is 0 Å². The van der Waals surface area contributed by atoms with Crippen molar-refractivity contribution in [2.75, 3.05) is 37.6 Å². The first-order valence-electron chi connectivity index (χ1n) is 9.51. The standard InChI is InChI=1S/C22H29N3O/c1-18-7-6-10-21(17-18)24-13-15-25(16-14-24)22(26)11-12-23-19(2)20-8-4-3-5-9-20/h3-10,17,19,23H,11-16H2,1-2H3. The number of carbonyl (C=O) groups is 1. The van der Waals surface area contributed by atoms with Crippen LogP contribution < -0.4 is 10.2 Å². The van der Waals surface area contributed by atoms with E-state index in [-0.39, 0.29) is 11.9 Å². The zero-order chi connectivity index (χ0) is 18.4. The van der Waals surface area contributed by atoms with Crippen LogP contribution in [-0.2, 0) is 4.79 Å². The topological polar surface area (TPSA) is 35.6 Å². The summed E-state index contributed by atoms with van der Waals surface area (Å²) < 4.78 is 0. The van der Waals surface area contributed by atoms with Crippen molar-refractivity contribution in [3.05, 3.63) is 65.7 Å². The highest BCUT2D eigenvalue weighted by molar-refractivity contribution is 5.76. The van der Waals surface area contributed by atoms with Gasteiger partial charge in [0.25, 0.3) is 0 Å². The van der Waals surface area contributed by atoms with Crippen LogP contribution in [0.3, 0.4) is 0 Å². The highest BCUT2D eigenvalue weighted by Crippen LogP contribution is 2.18. The Hall–Kier alpha value is -2.33. The van der Waals surface area contributed by atoms with Crippen molar-refractivity contribution in [2.45, 2.75) is 26.3 Å². The van der Waals surface area contributed by atoms with Crippen LogP contribution in [-0.4, -0.2) is 43.5 Å². The summed E-state index contributed by atoms with van der Waals surface area (Å²) in [5.74, 6) is 0.252. The number of nitrogens with zero attached hydrogens (tertiary/aromatic N) is 2. The minimum absolute atomic E-state index is 0.252. The molecule has 1 aliphatic heterocycles. The van der Waals surface area contributed by atoms with E-state index in [4.69, 9.17) is 0 Å². The summed E-state index contributed by atoms with van der Waals surface area (Å²) in [6.07, 6.45) is 0.557. The van der Waals surface area contributed by atoms with Gasteiger partial charge in [-0.05, 0) is 37.1 Å². The van der Waals surface area contributed by atoms with Gasteiger partial charge in [-0.1, -0.05) is 42.5 Å². The first-order chi connectivity index (χ1) is 12.6. The Kier molecular flexibility index (Phi) is 6.29. The Morgan fingerprint density at radius 2 is 1.77 bits per heavy atom. The monoisotopic (exact) mass is 351 g/mol. The summed E-state index contributed by atoms with van der Waals surface area (Å²) in [7, 11) is 0. The molecular weight excluding hydrogens is 322 g/mol. The van der Waals surface area contributed by atoms with Gasteiger partial charge in [-0.15, -0.1) is 0 Å². The van der Waals surface area contributed by atoms with Gasteiger partial charge in [0.1, 0.15) is 0 Å². The molecule has 2 aromatic rings. The van der Waals surface area contributed by atoms with E-state index in [0.29, 0.717) is 13.0 Å². The molecule has 0 saturated carbocycles. The van der Waals surface area contributed by atoms with Gasteiger partial charge in [-0.2, -0.15) is 0 Å². The molecular formula is C22H29N3O. The Labute approximate surface area is 156 Å². The average Bonchev–Trinajstić information content (AvgIpc) is 2.68. The van der Waals surface area contributed by atoms with Gasteiger partial charge in [-0.3, -0.25) is 4.79 Å². The Bertz CT molecular complexity index is 708. The molecule has 0 aliphatic carbocycles. The van der Waals surface area contributed by atoms with Gasteiger partial charge < -0.3 is 15.1 Å². The van der Waals surface area contributed by atoms with E-state index in [0.717, 1.165) is 26.2 Å². The quantitative estimate of drug-likeness (QED) is 0.867. The third-order valence-electron chi connectivity index (χ3n) is 5.09. The van der Waals surface area contributed by atoms with Crippen molar-refractivity contribution >= 4 is 11.6 Å². The molecule has 2 aromatic carbocycles. The lowest BCUT2D eigenvalue weighted by Gasteiger charge is -2.36. The van der Waals surface area contributed by atoms with Crippen molar-refractivity contribution in [1.29, 1.82) is 0 Å².